The first-order valence-corrected chi connectivity index (χ1v) is 10.4. The van der Waals surface area contributed by atoms with Gasteiger partial charge in [0.1, 0.15) is 5.01 Å². The Morgan fingerprint density at radius 1 is 1.00 bits per heavy atom. The quantitative estimate of drug-likeness (QED) is 0.652. The number of thiazole rings is 1. The summed E-state index contributed by atoms with van der Waals surface area (Å²) in [6.07, 6.45) is 1.82. The normalized spacial score (nSPS) is 16.4. The van der Waals surface area contributed by atoms with Crippen molar-refractivity contribution in [3.8, 4) is 10.7 Å². The van der Waals surface area contributed by atoms with Crippen LogP contribution in [0.3, 0.4) is 0 Å². The monoisotopic (exact) mass is 390 g/mol. The highest BCUT2D eigenvalue weighted by Crippen LogP contribution is 2.24. The standard InChI is InChI=1S/C18H19ClN4S2/c19-17-5-4-15(25-17)12-23-9-7-22(8-10-23)11-14-13-24-18(21-14)16-3-1-2-6-20-16/h1-6,13H,7-12H2. The smallest absolute Gasteiger partial charge is 0.142 e. The van der Waals surface area contributed by atoms with Gasteiger partial charge in [-0.15, -0.1) is 22.7 Å². The molecule has 4 nitrogen and oxygen atoms in total. The third-order valence-electron chi connectivity index (χ3n) is 4.29. The van der Waals surface area contributed by atoms with Crippen molar-refractivity contribution in [2.75, 3.05) is 26.2 Å². The molecule has 0 aliphatic carbocycles. The molecule has 0 radical (unpaired) electrons. The summed E-state index contributed by atoms with van der Waals surface area (Å²) in [5.41, 5.74) is 2.10. The van der Waals surface area contributed by atoms with Crippen molar-refractivity contribution < 1.29 is 0 Å². The maximum absolute atomic E-state index is 6.02. The zero-order chi connectivity index (χ0) is 17.1. The molecule has 1 fully saturated rings. The van der Waals surface area contributed by atoms with Gasteiger partial charge >= 0.3 is 0 Å². The molecule has 1 saturated heterocycles. The van der Waals surface area contributed by atoms with E-state index in [1.54, 1.807) is 22.7 Å². The van der Waals surface area contributed by atoms with Gasteiger partial charge < -0.3 is 0 Å². The molecule has 1 aliphatic rings. The van der Waals surface area contributed by atoms with Crippen LogP contribution in [-0.4, -0.2) is 45.9 Å². The van der Waals surface area contributed by atoms with Crippen LogP contribution < -0.4 is 0 Å². The van der Waals surface area contributed by atoms with Crippen LogP contribution in [0.1, 0.15) is 10.6 Å². The fourth-order valence-electron chi connectivity index (χ4n) is 2.98. The maximum atomic E-state index is 6.02. The van der Waals surface area contributed by atoms with Gasteiger partial charge in [-0.1, -0.05) is 17.7 Å². The molecule has 130 valence electrons. The first-order valence-electron chi connectivity index (χ1n) is 8.31. The highest BCUT2D eigenvalue weighted by atomic mass is 35.5. The SMILES string of the molecule is Clc1ccc(CN2CCN(Cc3csc(-c4ccccn4)n3)CC2)s1. The van der Waals surface area contributed by atoms with E-state index < -0.39 is 0 Å². The van der Waals surface area contributed by atoms with Gasteiger partial charge in [-0.25, -0.2) is 4.98 Å². The average Bonchev–Trinajstić information content (AvgIpc) is 3.27. The van der Waals surface area contributed by atoms with Crippen LogP contribution >= 0.6 is 34.3 Å². The molecule has 3 aromatic rings. The van der Waals surface area contributed by atoms with Crippen molar-refractivity contribution in [3.05, 3.63) is 56.8 Å². The molecule has 0 N–H and O–H groups in total. The van der Waals surface area contributed by atoms with Crippen molar-refractivity contribution in [2.45, 2.75) is 13.1 Å². The van der Waals surface area contributed by atoms with Gasteiger partial charge in [-0.3, -0.25) is 14.8 Å². The number of nitrogens with zero attached hydrogens (tertiary/aromatic N) is 4. The Bertz CT molecular complexity index is 809. The molecule has 1 aliphatic heterocycles. The van der Waals surface area contributed by atoms with Gasteiger partial charge in [0.2, 0.25) is 0 Å². The number of halogens is 1. The summed E-state index contributed by atoms with van der Waals surface area (Å²) < 4.78 is 0.876. The molecule has 0 unspecified atom stereocenters. The average molecular weight is 391 g/mol. The summed E-state index contributed by atoms with van der Waals surface area (Å²) in [6, 6.07) is 10.1. The van der Waals surface area contributed by atoms with Crippen LogP contribution in [0, 0.1) is 0 Å². The summed E-state index contributed by atoms with van der Waals surface area (Å²) >= 11 is 9.37. The molecule has 0 aromatic carbocycles. The second-order valence-electron chi connectivity index (χ2n) is 6.12. The van der Waals surface area contributed by atoms with E-state index in [0.717, 1.165) is 60.0 Å². The summed E-state index contributed by atoms with van der Waals surface area (Å²) in [6.45, 7) is 6.26. The van der Waals surface area contributed by atoms with Gasteiger partial charge in [0.25, 0.3) is 0 Å². The zero-order valence-electron chi connectivity index (χ0n) is 13.8. The number of aromatic nitrogens is 2. The second kappa shape index (κ2) is 7.93. The molecule has 7 heteroatoms. The topological polar surface area (TPSA) is 32.3 Å². The van der Waals surface area contributed by atoms with Crippen LogP contribution in [0.4, 0.5) is 0 Å². The lowest BCUT2D eigenvalue weighted by atomic mass is 10.3. The van der Waals surface area contributed by atoms with Crippen LogP contribution in [0.2, 0.25) is 4.34 Å². The summed E-state index contributed by atoms with van der Waals surface area (Å²) in [7, 11) is 0. The molecule has 3 aromatic heterocycles. The first kappa shape index (κ1) is 17.1. The molecule has 4 rings (SSSR count). The van der Waals surface area contributed by atoms with Gasteiger partial charge in [-0.05, 0) is 24.3 Å². The van der Waals surface area contributed by atoms with Crippen molar-refractivity contribution in [2.24, 2.45) is 0 Å². The number of pyridine rings is 1. The van der Waals surface area contributed by atoms with E-state index in [1.807, 2.05) is 30.5 Å². The predicted octanol–water partition coefficient (Wildman–Crippen LogP) is 4.24. The molecule has 0 bridgehead atoms. The van der Waals surface area contributed by atoms with Gasteiger partial charge in [0.05, 0.1) is 15.7 Å². The minimum atomic E-state index is 0.876. The summed E-state index contributed by atoms with van der Waals surface area (Å²) in [4.78, 5) is 15.5. The fraction of sp³-hybridized carbons (Fsp3) is 0.333. The van der Waals surface area contributed by atoms with E-state index >= 15 is 0 Å². The van der Waals surface area contributed by atoms with E-state index in [9.17, 15) is 0 Å². The molecule has 0 spiro atoms. The third kappa shape index (κ3) is 4.46. The van der Waals surface area contributed by atoms with Gasteiger partial charge in [0.15, 0.2) is 0 Å². The highest BCUT2D eigenvalue weighted by Gasteiger charge is 2.18. The number of hydrogen-bond acceptors (Lipinski definition) is 6. The van der Waals surface area contributed by atoms with Crippen molar-refractivity contribution in [1.82, 2.24) is 19.8 Å². The van der Waals surface area contributed by atoms with Crippen LogP contribution in [0.25, 0.3) is 10.7 Å². The molecule has 0 amide bonds. The minimum Gasteiger partial charge on any atom is -0.296 e. The Labute approximate surface area is 160 Å². The van der Waals surface area contributed by atoms with E-state index in [4.69, 9.17) is 16.6 Å². The number of thiophene rings is 1. The van der Waals surface area contributed by atoms with Crippen molar-refractivity contribution in [3.63, 3.8) is 0 Å². The van der Waals surface area contributed by atoms with Crippen LogP contribution in [-0.2, 0) is 13.1 Å². The largest absolute Gasteiger partial charge is 0.296 e. The van der Waals surface area contributed by atoms with E-state index in [1.165, 1.54) is 4.88 Å². The molecule has 25 heavy (non-hydrogen) atoms. The molecule has 0 saturated carbocycles. The number of piperazine rings is 1. The van der Waals surface area contributed by atoms with Crippen molar-refractivity contribution >= 4 is 34.3 Å². The van der Waals surface area contributed by atoms with E-state index in [2.05, 4.69) is 26.2 Å². The molecular formula is C18H19ClN4S2. The lowest BCUT2D eigenvalue weighted by molar-refractivity contribution is 0.122. The Hall–Kier alpha value is -1.31. The van der Waals surface area contributed by atoms with Crippen molar-refractivity contribution in [1.29, 1.82) is 0 Å². The lowest BCUT2D eigenvalue weighted by Crippen LogP contribution is -2.45. The van der Waals surface area contributed by atoms with Crippen LogP contribution in [0.5, 0.6) is 0 Å². The Balaban J connectivity index is 1.29. The Morgan fingerprint density at radius 2 is 1.80 bits per heavy atom. The van der Waals surface area contributed by atoms with E-state index in [-0.39, 0.29) is 0 Å². The molecule has 0 atom stereocenters. The second-order valence-corrected chi connectivity index (χ2v) is 8.77. The minimum absolute atomic E-state index is 0.876. The first-order chi connectivity index (χ1) is 12.3. The van der Waals surface area contributed by atoms with Gasteiger partial charge in [0, 0.05) is 55.7 Å². The lowest BCUT2D eigenvalue weighted by Gasteiger charge is -2.34. The molecular weight excluding hydrogens is 372 g/mol. The number of hydrogen-bond donors (Lipinski definition) is 0. The zero-order valence-corrected chi connectivity index (χ0v) is 16.2. The van der Waals surface area contributed by atoms with Gasteiger partial charge in [-0.2, -0.15) is 0 Å². The predicted molar refractivity (Wildman–Crippen MR) is 105 cm³/mol. The van der Waals surface area contributed by atoms with Crippen LogP contribution in [0.15, 0.2) is 41.9 Å². The summed E-state index contributed by atoms with van der Waals surface area (Å²) in [5, 5.41) is 3.16. The fourth-order valence-corrected chi connectivity index (χ4v) is 4.89. The maximum Gasteiger partial charge on any atom is 0.142 e. The van der Waals surface area contributed by atoms with E-state index in [0.29, 0.717) is 0 Å². The highest BCUT2D eigenvalue weighted by molar-refractivity contribution is 7.16. The molecule has 4 heterocycles. The third-order valence-corrected chi connectivity index (χ3v) is 6.42. The Kier molecular flexibility index (Phi) is 5.43. The Morgan fingerprint density at radius 3 is 2.48 bits per heavy atom. The number of rotatable bonds is 5. The summed E-state index contributed by atoms with van der Waals surface area (Å²) in [5.74, 6) is 0.